The van der Waals surface area contributed by atoms with Gasteiger partial charge >= 0.3 is 0 Å². The fourth-order valence-corrected chi connectivity index (χ4v) is 8.18. The Bertz CT molecular complexity index is 2140. The third-order valence-electron chi connectivity index (χ3n) is 8.03. The van der Waals surface area contributed by atoms with Crippen LogP contribution in [0.15, 0.2) is 116 Å². The van der Waals surface area contributed by atoms with Crippen LogP contribution in [0.4, 0.5) is 0 Å². The van der Waals surface area contributed by atoms with Crippen LogP contribution < -0.4 is 14.9 Å². The van der Waals surface area contributed by atoms with Crippen molar-refractivity contribution >= 4 is 51.3 Å². The minimum atomic E-state index is -2.20. The Morgan fingerprint density at radius 1 is 0.744 bits per heavy atom. The lowest BCUT2D eigenvalue weighted by molar-refractivity contribution is -0.645. The molecule has 0 fully saturated rings. The summed E-state index contributed by atoms with van der Waals surface area (Å²) in [6, 6.07) is 35.7. The standard InChI is InChI=1S/C34H31N4Si/c1-24-18-19-35-34(20-24)38-30-13-6-5-12-28(30)29-17-16-27(22-33(29)38)39(3,4)26-11-9-10-25(21-26)37-23-36(2)31-14-7-8-15-32(31)37/h5-23H,1-4H3/q+1/i1D3. The molecule has 7 rings (SSSR count). The number of para-hydroxylation sites is 3. The molecule has 4 aromatic carbocycles. The van der Waals surface area contributed by atoms with Crippen molar-refractivity contribution in [2.75, 3.05) is 0 Å². The Morgan fingerprint density at radius 3 is 2.38 bits per heavy atom. The summed E-state index contributed by atoms with van der Waals surface area (Å²) in [5.41, 5.74) is 5.83. The van der Waals surface area contributed by atoms with Crippen LogP contribution >= 0.6 is 0 Å². The van der Waals surface area contributed by atoms with E-state index in [0.717, 1.165) is 27.5 Å². The van der Waals surface area contributed by atoms with Gasteiger partial charge in [0, 0.05) is 21.1 Å². The molecule has 0 spiro atoms. The van der Waals surface area contributed by atoms with Gasteiger partial charge in [0.1, 0.15) is 19.6 Å². The fourth-order valence-electron chi connectivity index (χ4n) is 5.83. The number of hydrogen-bond acceptors (Lipinski definition) is 1. The van der Waals surface area contributed by atoms with E-state index in [-0.39, 0.29) is 5.56 Å². The highest BCUT2D eigenvalue weighted by molar-refractivity contribution is 7.00. The number of benzene rings is 4. The van der Waals surface area contributed by atoms with Gasteiger partial charge in [0.15, 0.2) is 11.0 Å². The molecule has 5 heteroatoms. The molecule has 0 radical (unpaired) electrons. The highest BCUT2D eigenvalue weighted by Crippen LogP contribution is 2.31. The highest BCUT2D eigenvalue weighted by atomic mass is 28.3. The van der Waals surface area contributed by atoms with Crippen molar-refractivity contribution in [1.29, 1.82) is 0 Å². The third-order valence-corrected chi connectivity index (χ3v) is 11.5. The maximum absolute atomic E-state index is 7.96. The molecular formula is C34H31N4Si+. The minimum absolute atomic E-state index is 0.284. The van der Waals surface area contributed by atoms with E-state index in [9.17, 15) is 0 Å². The van der Waals surface area contributed by atoms with Gasteiger partial charge in [-0.3, -0.25) is 4.57 Å². The summed E-state index contributed by atoms with van der Waals surface area (Å²) >= 11 is 0. The molecule has 0 saturated heterocycles. The van der Waals surface area contributed by atoms with E-state index >= 15 is 0 Å². The molecular weight excluding hydrogens is 492 g/mol. The summed E-state index contributed by atoms with van der Waals surface area (Å²) in [5.74, 6) is 0.612. The Morgan fingerprint density at radius 2 is 1.51 bits per heavy atom. The van der Waals surface area contributed by atoms with E-state index in [2.05, 4.69) is 124 Å². The van der Waals surface area contributed by atoms with Crippen LogP contribution in [0.25, 0.3) is 44.3 Å². The molecule has 4 nitrogen and oxygen atoms in total. The Balaban J connectivity index is 1.39. The maximum atomic E-state index is 7.96. The SMILES string of the molecule is [2H]C([2H])([2H])c1ccnc(-n2c3ccccc3c3ccc([Si](C)(C)c4cccc(-n5c[n+](C)c6ccccc65)c4)cc32)c1. The van der Waals surface area contributed by atoms with Crippen molar-refractivity contribution in [3.05, 3.63) is 121 Å². The molecule has 3 aromatic heterocycles. The fraction of sp³-hybridized carbons (Fsp3) is 0.118. The van der Waals surface area contributed by atoms with Crippen molar-refractivity contribution in [1.82, 2.24) is 14.1 Å². The van der Waals surface area contributed by atoms with E-state index in [1.165, 1.54) is 21.4 Å². The van der Waals surface area contributed by atoms with Crippen molar-refractivity contribution in [3.63, 3.8) is 0 Å². The molecule has 39 heavy (non-hydrogen) atoms. The molecule has 0 aliphatic carbocycles. The third kappa shape index (κ3) is 3.73. The van der Waals surface area contributed by atoms with Gasteiger partial charge in [-0.2, -0.15) is 4.57 Å². The zero-order valence-electron chi connectivity index (χ0n) is 25.3. The van der Waals surface area contributed by atoms with Crippen molar-refractivity contribution in [2.45, 2.75) is 19.9 Å². The molecule has 0 atom stereocenters. The molecule has 0 aliphatic rings. The van der Waals surface area contributed by atoms with Gasteiger partial charge in [0.2, 0.25) is 6.33 Å². The van der Waals surface area contributed by atoms with Crippen molar-refractivity contribution < 1.29 is 8.68 Å². The number of hydrogen-bond donors (Lipinski definition) is 0. The minimum Gasteiger partial charge on any atom is -0.294 e. The lowest BCUT2D eigenvalue weighted by atomic mass is 10.1. The highest BCUT2D eigenvalue weighted by Gasteiger charge is 2.28. The van der Waals surface area contributed by atoms with Gasteiger partial charge < -0.3 is 0 Å². The number of fused-ring (bicyclic) bond motifs is 4. The summed E-state index contributed by atoms with van der Waals surface area (Å²) in [6.45, 7) is 2.58. The van der Waals surface area contributed by atoms with Crippen LogP contribution in [0.1, 0.15) is 9.68 Å². The number of imidazole rings is 1. The second-order valence-electron chi connectivity index (χ2n) is 10.7. The van der Waals surface area contributed by atoms with E-state index < -0.39 is 14.9 Å². The van der Waals surface area contributed by atoms with Crippen LogP contribution in [-0.4, -0.2) is 22.2 Å². The molecule has 3 heterocycles. The van der Waals surface area contributed by atoms with Gasteiger partial charge in [-0.1, -0.05) is 78.1 Å². The van der Waals surface area contributed by atoms with E-state index in [1.54, 1.807) is 18.3 Å². The van der Waals surface area contributed by atoms with Crippen molar-refractivity contribution in [3.8, 4) is 11.5 Å². The van der Waals surface area contributed by atoms with Gasteiger partial charge in [0.05, 0.1) is 18.1 Å². The molecule has 0 amide bonds. The average Bonchev–Trinajstić information content (AvgIpc) is 3.51. The first kappa shape index (κ1) is 20.5. The molecule has 0 unspecified atom stereocenters. The lowest BCUT2D eigenvalue weighted by Crippen LogP contribution is -2.52. The summed E-state index contributed by atoms with van der Waals surface area (Å²) < 4.78 is 30.4. The van der Waals surface area contributed by atoms with Crippen molar-refractivity contribution in [2.24, 2.45) is 7.05 Å². The van der Waals surface area contributed by atoms with E-state index in [1.807, 2.05) is 12.1 Å². The largest absolute Gasteiger partial charge is 0.294 e. The molecule has 0 N–H and O–H groups in total. The summed E-state index contributed by atoms with van der Waals surface area (Å²) in [7, 11) is -0.0735. The van der Waals surface area contributed by atoms with E-state index in [4.69, 9.17) is 4.11 Å². The number of rotatable bonds is 4. The predicted octanol–water partition coefficient (Wildman–Crippen LogP) is 6.08. The molecule has 0 bridgehead atoms. The van der Waals surface area contributed by atoms with Crippen LogP contribution in [0.3, 0.4) is 0 Å². The average molecular weight is 527 g/mol. The monoisotopic (exact) mass is 526 g/mol. The van der Waals surface area contributed by atoms with Crippen LogP contribution in [0.2, 0.25) is 13.1 Å². The zero-order valence-corrected chi connectivity index (χ0v) is 23.3. The van der Waals surface area contributed by atoms with Crippen LogP contribution in [0.5, 0.6) is 0 Å². The number of pyridine rings is 1. The maximum Gasteiger partial charge on any atom is 0.249 e. The second-order valence-corrected chi connectivity index (χ2v) is 15.2. The predicted molar refractivity (Wildman–Crippen MR) is 165 cm³/mol. The van der Waals surface area contributed by atoms with Crippen LogP contribution in [-0.2, 0) is 7.05 Å². The summed E-state index contributed by atoms with van der Waals surface area (Å²) in [5, 5.41) is 4.88. The topological polar surface area (TPSA) is 26.6 Å². The van der Waals surface area contributed by atoms with E-state index in [0.29, 0.717) is 5.82 Å². The first-order chi connectivity index (χ1) is 20.1. The number of aromatic nitrogens is 4. The number of aryl methyl sites for hydroxylation is 2. The second kappa shape index (κ2) is 8.78. The molecule has 0 saturated carbocycles. The molecule has 0 aliphatic heterocycles. The van der Waals surface area contributed by atoms with Gasteiger partial charge in [-0.25, -0.2) is 9.55 Å². The molecule has 7 aromatic rings. The Hall–Kier alpha value is -4.48. The summed E-state index contributed by atoms with van der Waals surface area (Å²) in [6.07, 6.45) is 3.74. The Labute approximate surface area is 233 Å². The Kier molecular flexibility index (Phi) is 4.61. The van der Waals surface area contributed by atoms with Crippen LogP contribution in [0, 0.1) is 6.85 Å². The van der Waals surface area contributed by atoms with Gasteiger partial charge in [-0.15, -0.1) is 0 Å². The quantitative estimate of drug-likeness (QED) is 0.202. The molecule has 190 valence electrons. The summed E-state index contributed by atoms with van der Waals surface area (Å²) in [4.78, 5) is 4.64. The normalized spacial score (nSPS) is 13.6. The first-order valence-electron chi connectivity index (χ1n) is 14.7. The number of nitrogens with zero attached hydrogens (tertiary/aromatic N) is 4. The van der Waals surface area contributed by atoms with Gasteiger partial charge in [-0.05, 0) is 60.9 Å². The zero-order chi connectivity index (χ0) is 29.2. The lowest BCUT2D eigenvalue weighted by Gasteiger charge is -2.24. The van der Waals surface area contributed by atoms with Gasteiger partial charge in [0.25, 0.3) is 0 Å². The smallest absolute Gasteiger partial charge is 0.249 e. The first-order valence-corrected chi connectivity index (χ1v) is 16.2.